The number of hydrogen-bond donors (Lipinski definition) is 17. The molecule has 2 rings (SSSR count). The second kappa shape index (κ2) is 32.3. The van der Waals surface area contributed by atoms with Gasteiger partial charge >= 0.3 is 5.97 Å². The van der Waals surface area contributed by atoms with Gasteiger partial charge in [0.2, 0.25) is 70.9 Å². The predicted molar refractivity (Wildman–Crippen MR) is 275 cm³/mol. The molecule has 1 aliphatic heterocycles. The first kappa shape index (κ1) is 67.4. The van der Waals surface area contributed by atoms with Crippen LogP contribution in [0, 0.1) is 11.8 Å². The van der Waals surface area contributed by atoms with Crippen LogP contribution in [0.25, 0.3) is 0 Å². The molecular weight excluding hydrogens is 1050 g/mol. The summed E-state index contributed by atoms with van der Waals surface area (Å²) < 4.78 is 0. The number of nitrogens with two attached hydrogens (primary N) is 2. The lowest BCUT2D eigenvalue weighted by Gasteiger charge is -2.33. The number of likely N-dealkylation sites (tertiary alicyclic amines) is 1. The minimum atomic E-state index is -1.93. The van der Waals surface area contributed by atoms with Crippen molar-refractivity contribution in [2.24, 2.45) is 23.3 Å². The summed E-state index contributed by atoms with van der Waals surface area (Å²) in [5.41, 5.74) is 10.7. The second-order valence-corrected chi connectivity index (χ2v) is 19.9. The Labute approximate surface area is 455 Å². The topological polar surface area (TPSA) is 487 Å². The highest BCUT2D eigenvalue weighted by Crippen LogP contribution is 2.27. The highest BCUT2D eigenvalue weighted by atomic mass is 32.1. The number of aliphatic hydroxyl groups excluding tert-OH is 4. The molecule has 0 radical (unpaired) electrons. The second-order valence-electron chi connectivity index (χ2n) is 19.5. The van der Waals surface area contributed by atoms with Crippen molar-refractivity contribution >= 4 is 89.5 Å². The van der Waals surface area contributed by atoms with Gasteiger partial charge in [-0.1, -0.05) is 26.7 Å². The van der Waals surface area contributed by atoms with Gasteiger partial charge in [-0.15, -0.1) is 0 Å². The van der Waals surface area contributed by atoms with Crippen molar-refractivity contribution in [2.45, 2.75) is 184 Å². The van der Waals surface area contributed by atoms with E-state index in [1.54, 1.807) is 13.8 Å². The van der Waals surface area contributed by atoms with E-state index in [4.69, 9.17) is 11.5 Å². The summed E-state index contributed by atoms with van der Waals surface area (Å²) in [4.78, 5) is 170. The lowest BCUT2D eigenvalue weighted by molar-refractivity contribution is -0.145. The number of aliphatic hydroxyl groups is 4. The third-order valence-corrected chi connectivity index (χ3v) is 13.6. The number of carbonyl (C=O) groups excluding carboxylic acids is 12. The van der Waals surface area contributed by atoms with Gasteiger partial charge in [-0.05, 0) is 72.1 Å². The molecule has 440 valence electrons. The maximum Gasteiger partial charge on any atom is 0.303 e. The van der Waals surface area contributed by atoms with Crippen LogP contribution in [0.3, 0.4) is 0 Å². The normalized spacial score (nSPS) is 19.2. The number of nitrogens with zero attached hydrogens (tertiary/aromatic N) is 1. The van der Waals surface area contributed by atoms with Crippen molar-refractivity contribution in [1.29, 1.82) is 0 Å². The van der Waals surface area contributed by atoms with Crippen LogP contribution in [0.4, 0.5) is 0 Å². The van der Waals surface area contributed by atoms with Gasteiger partial charge in [0.15, 0.2) is 0 Å². The molecule has 1 saturated carbocycles. The van der Waals surface area contributed by atoms with Crippen molar-refractivity contribution in [3.63, 3.8) is 0 Å². The van der Waals surface area contributed by atoms with Crippen LogP contribution in [-0.4, -0.2) is 205 Å². The van der Waals surface area contributed by atoms with E-state index < -0.39 is 193 Å². The van der Waals surface area contributed by atoms with Crippen molar-refractivity contribution in [3.8, 4) is 0 Å². The molecule has 1 aliphatic carbocycles. The molecule has 12 amide bonds. The highest BCUT2D eigenvalue weighted by molar-refractivity contribution is 7.80. The Morgan fingerprint density at radius 2 is 1.03 bits per heavy atom. The van der Waals surface area contributed by atoms with Gasteiger partial charge in [-0.2, -0.15) is 12.6 Å². The number of rotatable bonds is 33. The third kappa shape index (κ3) is 20.6. The number of primary amides is 2. The molecule has 30 nitrogen and oxygen atoms in total. The van der Waals surface area contributed by atoms with E-state index in [1.807, 2.05) is 0 Å². The number of carboxylic acid groups (broad SMARTS) is 1. The van der Waals surface area contributed by atoms with E-state index >= 15 is 0 Å². The molecule has 78 heavy (non-hydrogen) atoms. The van der Waals surface area contributed by atoms with E-state index in [0.717, 1.165) is 32.1 Å². The van der Waals surface area contributed by atoms with Crippen molar-refractivity contribution < 1.29 is 87.9 Å². The number of hydrogen-bond acceptors (Lipinski definition) is 18. The average molecular weight is 1130 g/mol. The van der Waals surface area contributed by atoms with Gasteiger partial charge in [0, 0.05) is 31.1 Å². The lowest BCUT2D eigenvalue weighted by Crippen LogP contribution is -2.63. The Hall–Kier alpha value is -6.70. The Kier molecular flexibility index (Phi) is 27.9. The van der Waals surface area contributed by atoms with Crippen LogP contribution >= 0.6 is 12.6 Å². The fourth-order valence-electron chi connectivity index (χ4n) is 8.06. The molecule has 31 heteroatoms. The number of nitrogens with one attached hydrogen (secondary N) is 9. The molecular formula is C47H78N12O18S. The zero-order chi connectivity index (χ0) is 59.3. The van der Waals surface area contributed by atoms with Crippen LogP contribution in [0.15, 0.2) is 0 Å². The quantitative estimate of drug-likeness (QED) is 0.0272. The number of thiol groups is 1. The first-order chi connectivity index (χ1) is 36.5. The molecule has 14 atom stereocenters. The van der Waals surface area contributed by atoms with Crippen molar-refractivity contribution in [1.82, 2.24) is 52.8 Å². The fourth-order valence-corrected chi connectivity index (χ4v) is 8.32. The van der Waals surface area contributed by atoms with Crippen LogP contribution in [-0.2, 0) is 62.3 Å². The maximum atomic E-state index is 13.7. The molecule has 0 spiro atoms. The van der Waals surface area contributed by atoms with Crippen LogP contribution in [0.1, 0.15) is 106 Å². The predicted octanol–water partition coefficient (Wildman–Crippen LogP) is -7.11. The minimum absolute atomic E-state index is 0.0365. The molecule has 1 saturated heterocycles. The molecule has 2 fully saturated rings. The molecule has 0 bridgehead atoms. The Balaban J connectivity index is 2.16. The van der Waals surface area contributed by atoms with E-state index in [-0.39, 0.29) is 25.3 Å². The van der Waals surface area contributed by atoms with E-state index in [0.29, 0.717) is 25.7 Å². The summed E-state index contributed by atoms with van der Waals surface area (Å²) in [5, 5.41) is 71.8. The zero-order valence-corrected chi connectivity index (χ0v) is 45.3. The van der Waals surface area contributed by atoms with Crippen LogP contribution < -0.4 is 59.3 Å². The number of amides is 12. The first-order valence-electron chi connectivity index (χ1n) is 25.6. The summed E-state index contributed by atoms with van der Waals surface area (Å²) in [7, 11) is 0. The van der Waals surface area contributed by atoms with Gasteiger partial charge in [0.1, 0.15) is 60.4 Å². The largest absolute Gasteiger partial charge is 0.481 e. The van der Waals surface area contributed by atoms with Gasteiger partial charge in [0.25, 0.3) is 0 Å². The standard InChI is InChI=1S/C47H78N12O18S/c1-7-20(2)33(37(49)67)55-40(70)26(13-15-31(48)64)52-45(75)34(22(4)61)56-38(68)21(3)50-43(73)29(19-78)54-42(72)28(18-60)53-46(76)35(23(5)62)57-41(71)27(14-16-32(65)66)51-44(74)30-12-9-17-59(30)47(77)36(24(6)63)58-39(69)25-10-8-11-25/h20-30,33-36,60-63,78H,7-19H2,1-6H3,(H2,48,64)(H2,49,67)(H,50,73)(H,51,74)(H,52,75)(H,53,76)(H,54,72)(H,55,70)(H,56,68)(H,57,71)(H,58,69)(H,65,66)/t20?,21?,22?,23?,24?,26-,27-,28-,29-,30-,33-,34-,35-,36-/m0/s1. The number of aliphatic carboxylic acids is 1. The molecule has 0 aromatic heterocycles. The summed E-state index contributed by atoms with van der Waals surface area (Å²) in [5.74, 6) is -14.3. The highest BCUT2D eigenvalue weighted by Gasteiger charge is 2.42. The average Bonchev–Trinajstić information content (AvgIpc) is 3.85. The summed E-state index contributed by atoms with van der Waals surface area (Å²) in [6.45, 7) is 6.90. The summed E-state index contributed by atoms with van der Waals surface area (Å²) >= 11 is 4.07. The monoisotopic (exact) mass is 1130 g/mol. The molecule has 0 aromatic rings. The zero-order valence-electron chi connectivity index (χ0n) is 44.4. The van der Waals surface area contributed by atoms with Crippen LogP contribution in [0.5, 0.6) is 0 Å². The van der Waals surface area contributed by atoms with E-state index in [2.05, 4.69) is 60.5 Å². The lowest BCUT2D eigenvalue weighted by atomic mass is 9.84. The fraction of sp³-hybridized carbons (Fsp3) is 0.723. The Morgan fingerprint density at radius 3 is 1.49 bits per heavy atom. The van der Waals surface area contributed by atoms with Crippen LogP contribution in [0.2, 0.25) is 0 Å². The number of carboxylic acids is 1. The van der Waals surface area contributed by atoms with Gasteiger partial charge in [-0.25, -0.2) is 0 Å². The third-order valence-electron chi connectivity index (χ3n) is 13.3. The molecule has 18 N–H and O–H groups in total. The molecule has 1 heterocycles. The van der Waals surface area contributed by atoms with Gasteiger partial charge in [0.05, 0.1) is 24.9 Å². The molecule has 0 aromatic carbocycles. The summed E-state index contributed by atoms with van der Waals surface area (Å²) in [6.07, 6.45) is -3.86. The van der Waals surface area contributed by atoms with Gasteiger partial charge < -0.3 is 89.8 Å². The molecule has 2 aliphatic rings. The smallest absolute Gasteiger partial charge is 0.303 e. The first-order valence-corrected chi connectivity index (χ1v) is 26.2. The SMILES string of the molecule is CCC(C)[C@H](NC(=O)[C@H](CCC(N)=O)NC(=O)[C@@H](NC(=O)C(C)NC(=O)[C@H](CS)NC(=O)[C@H](CO)NC(=O)[C@@H](NC(=O)[C@H](CCC(=O)O)NC(=O)[C@@H]1CCCN1C(=O)[C@@H](NC(=O)C1CCC1)C(C)O)C(C)O)C(C)O)C(N)=O. The minimum Gasteiger partial charge on any atom is -0.481 e. The van der Waals surface area contributed by atoms with Crippen molar-refractivity contribution in [2.75, 3.05) is 18.9 Å². The van der Waals surface area contributed by atoms with E-state index in [1.165, 1.54) is 6.92 Å². The van der Waals surface area contributed by atoms with E-state index in [9.17, 15) is 87.9 Å². The maximum absolute atomic E-state index is 13.7. The van der Waals surface area contributed by atoms with Crippen molar-refractivity contribution in [3.05, 3.63) is 0 Å². The summed E-state index contributed by atoms with van der Waals surface area (Å²) in [6, 6.07) is -15.7. The number of carbonyl (C=O) groups is 13. The van der Waals surface area contributed by atoms with Gasteiger partial charge in [-0.3, -0.25) is 62.3 Å². The Morgan fingerprint density at radius 1 is 0.551 bits per heavy atom. The molecule has 5 unspecified atom stereocenters. The Bertz CT molecular complexity index is 2180.